The molecule has 0 aromatic heterocycles. The van der Waals surface area contributed by atoms with Crippen molar-refractivity contribution in [3.8, 4) is 0 Å². The van der Waals surface area contributed by atoms with E-state index in [0.29, 0.717) is 12.3 Å². The first-order valence-electron chi connectivity index (χ1n) is 9.31. The summed E-state index contributed by atoms with van der Waals surface area (Å²) in [6.45, 7) is 0. The fourth-order valence-corrected chi connectivity index (χ4v) is 3.60. The molecule has 0 spiro atoms. The number of nitrogens with two attached hydrogens (primary N) is 1. The molecule has 1 aliphatic rings. The van der Waals surface area contributed by atoms with E-state index < -0.39 is 0 Å². The van der Waals surface area contributed by atoms with Gasteiger partial charge in [-0.15, -0.1) is 0 Å². The quantitative estimate of drug-likeness (QED) is 0.268. The van der Waals surface area contributed by atoms with Gasteiger partial charge in [0.1, 0.15) is 6.10 Å². The number of carbonyl (C=O) groups is 1. The lowest BCUT2D eigenvalue weighted by Crippen LogP contribution is -2.28. The van der Waals surface area contributed by atoms with Crippen LogP contribution in [0.15, 0.2) is 59.7 Å². The van der Waals surface area contributed by atoms with Crippen molar-refractivity contribution < 1.29 is 9.53 Å². The van der Waals surface area contributed by atoms with E-state index in [4.69, 9.17) is 10.6 Å². The van der Waals surface area contributed by atoms with Crippen LogP contribution in [-0.4, -0.2) is 18.3 Å². The first kappa shape index (κ1) is 18.2. The van der Waals surface area contributed by atoms with Crippen LogP contribution in [0.25, 0.3) is 0 Å². The molecule has 1 aliphatic heterocycles. The van der Waals surface area contributed by atoms with Crippen molar-refractivity contribution in [2.75, 3.05) is 0 Å². The molecule has 2 unspecified atom stereocenters. The van der Waals surface area contributed by atoms with E-state index in [2.05, 4.69) is 29.4 Å². The van der Waals surface area contributed by atoms with Gasteiger partial charge in [0.05, 0.1) is 12.6 Å². The Morgan fingerprint density at radius 1 is 1.08 bits per heavy atom. The molecule has 136 valence electrons. The Kier molecular flexibility index (Phi) is 6.42. The second kappa shape index (κ2) is 9.18. The first-order valence-corrected chi connectivity index (χ1v) is 9.31. The summed E-state index contributed by atoms with van der Waals surface area (Å²) in [4.78, 5) is 12.0. The van der Waals surface area contributed by atoms with Crippen LogP contribution in [0.4, 0.5) is 0 Å². The summed E-state index contributed by atoms with van der Waals surface area (Å²) in [5.41, 5.74) is 3.56. The van der Waals surface area contributed by atoms with Crippen molar-refractivity contribution in [2.24, 2.45) is 10.9 Å². The molecule has 1 heterocycles. The van der Waals surface area contributed by atoms with E-state index in [1.54, 1.807) is 6.21 Å². The highest BCUT2D eigenvalue weighted by atomic mass is 16.5. The van der Waals surface area contributed by atoms with Crippen molar-refractivity contribution in [3.63, 3.8) is 0 Å². The number of nitrogens with zero attached hydrogens (tertiary/aromatic N) is 1. The van der Waals surface area contributed by atoms with Crippen molar-refractivity contribution in [2.45, 2.75) is 50.5 Å². The minimum absolute atomic E-state index is 0.0459. The Hall–Kier alpha value is -2.62. The number of benzene rings is 2. The minimum atomic E-state index is -0.0627. The lowest BCUT2D eigenvalue weighted by molar-refractivity contribution is -0.155. The summed E-state index contributed by atoms with van der Waals surface area (Å²) in [6.07, 6.45) is 7.24. The predicted molar refractivity (Wildman–Crippen MR) is 104 cm³/mol. The third kappa shape index (κ3) is 5.19. The minimum Gasteiger partial charge on any atom is -0.462 e. The van der Waals surface area contributed by atoms with Gasteiger partial charge < -0.3 is 10.6 Å². The maximum Gasteiger partial charge on any atom is 0.306 e. The number of ether oxygens (including phenoxy) is 1. The Morgan fingerprint density at radius 2 is 1.85 bits per heavy atom. The zero-order valence-electron chi connectivity index (χ0n) is 15.0. The highest BCUT2D eigenvalue weighted by Crippen LogP contribution is 2.32. The van der Waals surface area contributed by atoms with Gasteiger partial charge in [-0.2, -0.15) is 5.10 Å². The molecule has 2 aromatic rings. The zero-order chi connectivity index (χ0) is 18.2. The maximum atomic E-state index is 12.0. The molecule has 0 amide bonds. The molecule has 1 fully saturated rings. The van der Waals surface area contributed by atoms with Gasteiger partial charge in [0, 0.05) is 0 Å². The summed E-state index contributed by atoms with van der Waals surface area (Å²) in [6, 6.07) is 18.6. The average Bonchev–Trinajstić information content (AvgIpc) is 2.67. The lowest BCUT2D eigenvalue weighted by Gasteiger charge is -2.29. The maximum absolute atomic E-state index is 12.0. The largest absolute Gasteiger partial charge is 0.462 e. The molecule has 2 N–H and O–H groups in total. The Morgan fingerprint density at radius 3 is 2.58 bits per heavy atom. The number of unbranched alkanes of at least 4 members (excludes halogenated alkanes) is 1. The van der Waals surface area contributed by atoms with Gasteiger partial charge in [-0.3, -0.25) is 4.79 Å². The number of carbonyl (C=O) groups excluding carboxylic acids is 1. The van der Waals surface area contributed by atoms with E-state index in [9.17, 15) is 4.79 Å². The van der Waals surface area contributed by atoms with Gasteiger partial charge in [-0.05, 0) is 54.7 Å². The number of rotatable bonds is 7. The molecule has 3 rings (SSSR count). The first-order chi connectivity index (χ1) is 12.7. The molecule has 0 bridgehead atoms. The van der Waals surface area contributed by atoms with Crippen LogP contribution in [0.2, 0.25) is 0 Å². The van der Waals surface area contributed by atoms with Gasteiger partial charge in [0.2, 0.25) is 0 Å². The Labute approximate surface area is 155 Å². The molecule has 0 saturated carbocycles. The average molecular weight is 350 g/mol. The summed E-state index contributed by atoms with van der Waals surface area (Å²) in [5, 5.41) is 3.53. The fourth-order valence-electron chi connectivity index (χ4n) is 3.60. The molecular weight excluding hydrogens is 324 g/mol. The Bertz CT molecular complexity index is 726. The van der Waals surface area contributed by atoms with Crippen LogP contribution in [0.5, 0.6) is 0 Å². The molecule has 2 atom stereocenters. The highest BCUT2D eigenvalue weighted by Gasteiger charge is 2.29. The van der Waals surface area contributed by atoms with Crippen LogP contribution < -0.4 is 5.84 Å². The van der Waals surface area contributed by atoms with E-state index in [-0.39, 0.29) is 12.1 Å². The van der Waals surface area contributed by atoms with Gasteiger partial charge in [0.15, 0.2) is 0 Å². The van der Waals surface area contributed by atoms with Gasteiger partial charge in [-0.1, -0.05) is 54.6 Å². The number of esters is 1. The molecule has 4 nitrogen and oxygen atoms in total. The van der Waals surface area contributed by atoms with Gasteiger partial charge in [0.25, 0.3) is 0 Å². The van der Waals surface area contributed by atoms with E-state index in [0.717, 1.165) is 37.7 Å². The molecule has 0 aliphatic carbocycles. The summed E-state index contributed by atoms with van der Waals surface area (Å²) < 4.78 is 5.57. The smallest absolute Gasteiger partial charge is 0.306 e. The molecular formula is C22H26N2O2. The van der Waals surface area contributed by atoms with Crippen LogP contribution in [0.1, 0.15) is 54.7 Å². The third-order valence-corrected chi connectivity index (χ3v) is 4.97. The van der Waals surface area contributed by atoms with Gasteiger partial charge in [-0.25, -0.2) is 0 Å². The zero-order valence-corrected chi connectivity index (χ0v) is 15.0. The van der Waals surface area contributed by atoms with Crippen molar-refractivity contribution in [1.82, 2.24) is 0 Å². The number of aryl methyl sites for hydroxylation is 1. The standard InChI is InChI=1S/C22H26N2O2/c23-24-16-18-12-10-17(11-13-18)6-4-5-9-21-14-20(15-22(25)26-21)19-7-2-1-3-8-19/h1-3,7-8,10-13,16,20-21H,4-6,9,14-15,23H2/b24-16+. The normalized spacial score (nSPS) is 20.2. The SMILES string of the molecule is N/N=C/c1ccc(CCCCC2CC(c3ccccc3)CC(=O)O2)cc1. The highest BCUT2D eigenvalue weighted by molar-refractivity contribution is 5.79. The van der Waals surface area contributed by atoms with Crippen molar-refractivity contribution in [1.29, 1.82) is 0 Å². The van der Waals surface area contributed by atoms with Gasteiger partial charge >= 0.3 is 5.97 Å². The fraction of sp³-hybridized carbons (Fsp3) is 0.364. The summed E-state index contributed by atoms with van der Waals surface area (Å²) in [5.74, 6) is 5.39. The van der Waals surface area contributed by atoms with Crippen LogP contribution in [0.3, 0.4) is 0 Å². The van der Waals surface area contributed by atoms with Crippen LogP contribution in [0, 0.1) is 0 Å². The van der Waals surface area contributed by atoms with Crippen LogP contribution in [-0.2, 0) is 16.0 Å². The number of hydrogen-bond acceptors (Lipinski definition) is 4. The van der Waals surface area contributed by atoms with Crippen molar-refractivity contribution >= 4 is 12.2 Å². The third-order valence-electron chi connectivity index (χ3n) is 4.97. The number of hydrogen-bond donors (Lipinski definition) is 1. The number of hydrazone groups is 1. The second-order valence-corrected chi connectivity index (χ2v) is 6.92. The topological polar surface area (TPSA) is 64.7 Å². The summed E-state index contributed by atoms with van der Waals surface area (Å²) >= 11 is 0. The second-order valence-electron chi connectivity index (χ2n) is 6.92. The Balaban J connectivity index is 1.44. The van der Waals surface area contributed by atoms with Crippen LogP contribution >= 0.6 is 0 Å². The molecule has 26 heavy (non-hydrogen) atoms. The van der Waals surface area contributed by atoms with E-state index >= 15 is 0 Å². The summed E-state index contributed by atoms with van der Waals surface area (Å²) in [7, 11) is 0. The molecule has 2 aromatic carbocycles. The molecule has 1 saturated heterocycles. The number of cyclic esters (lactones) is 1. The van der Waals surface area contributed by atoms with E-state index in [1.807, 2.05) is 30.3 Å². The monoisotopic (exact) mass is 350 g/mol. The lowest BCUT2D eigenvalue weighted by atomic mass is 9.87. The predicted octanol–water partition coefficient (Wildman–Crippen LogP) is 4.18. The molecule has 4 heteroatoms. The molecule has 0 radical (unpaired) electrons. The van der Waals surface area contributed by atoms with E-state index in [1.165, 1.54) is 11.1 Å². The van der Waals surface area contributed by atoms with Crippen molar-refractivity contribution in [3.05, 3.63) is 71.3 Å².